The van der Waals surface area contributed by atoms with Crippen molar-refractivity contribution < 1.29 is 18.0 Å². The van der Waals surface area contributed by atoms with Gasteiger partial charge in [0.25, 0.3) is 5.91 Å². The molecule has 2 aromatic rings. The number of alkyl halides is 3. The van der Waals surface area contributed by atoms with E-state index < -0.39 is 17.8 Å². The van der Waals surface area contributed by atoms with E-state index in [2.05, 4.69) is 4.98 Å². The lowest BCUT2D eigenvalue weighted by Crippen LogP contribution is -2.33. The molecule has 1 unspecified atom stereocenters. The van der Waals surface area contributed by atoms with Crippen molar-refractivity contribution in [2.75, 3.05) is 6.54 Å². The monoisotopic (exact) mass is 336 g/mol. The predicted octanol–water partition coefficient (Wildman–Crippen LogP) is 4.63. The number of pyridine rings is 1. The van der Waals surface area contributed by atoms with Gasteiger partial charge in [-0.1, -0.05) is 12.1 Å². The van der Waals surface area contributed by atoms with Crippen LogP contribution in [0, 0.1) is 6.92 Å². The summed E-state index contributed by atoms with van der Waals surface area (Å²) in [5, 5.41) is 0. The summed E-state index contributed by atoms with van der Waals surface area (Å²) in [6.07, 6.45) is -2.92. The van der Waals surface area contributed by atoms with Gasteiger partial charge in [-0.15, -0.1) is 0 Å². The lowest BCUT2D eigenvalue weighted by atomic mass is 10.0. The topological polar surface area (TPSA) is 33.2 Å². The molecule has 1 aromatic heterocycles. The molecule has 1 atom stereocenters. The lowest BCUT2D eigenvalue weighted by molar-refractivity contribution is -0.137. The Labute approximate surface area is 139 Å². The smallest absolute Gasteiger partial charge is 0.332 e. The SMILES string of the molecule is CCN(C(=O)c1ccc(C)nc1)C(C)c1cccc(C(F)(F)F)c1. The van der Waals surface area contributed by atoms with Crippen molar-refractivity contribution in [3.8, 4) is 0 Å². The van der Waals surface area contributed by atoms with Gasteiger partial charge < -0.3 is 4.90 Å². The van der Waals surface area contributed by atoms with Crippen LogP contribution in [0.4, 0.5) is 13.2 Å². The number of carbonyl (C=O) groups excluding carboxylic acids is 1. The van der Waals surface area contributed by atoms with Gasteiger partial charge in [0.1, 0.15) is 0 Å². The lowest BCUT2D eigenvalue weighted by Gasteiger charge is -2.29. The van der Waals surface area contributed by atoms with E-state index in [4.69, 9.17) is 0 Å². The van der Waals surface area contributed by atoms with Crippen molar-refractivity contribution in [2.24, 2.45) is 0 Å². The average Bonchev–Trinajstić information content (AvgIpc) is 2.55. The fraction of sp³-hybridized carbons (Fsp3) is 0.333. The van der Waals surface area contributed by atoms with E-state index in [-0.39, 0.29) is 5.91 Å². The van der Waals surface area contributed by atoms with E-state index in [1.165, 1.54) is 17.2 Å². The number of nitrogens with zero attached hydrogens (tertiary/aromatic N) is 2. The van der Waals surface area contributed by atoms with Crippen molar-refractivity contribution in [3.05, 3.63) is 65.0 Å². The third-order valence-electron chi connectivity index (χ3n) is 3.92. The highest BCUT2D eigenvalue weighted by atomic mass is 19.4. The van der Waals surface area contributed by atoms with Gasteiger partial charge in [0.05, 0.1) is 17.2 Å². The van der Waals surface area contributed by atoms with Crippen LogP contribution in [-0.4, -0.2) is 22.3 Å². The van der Waals surface area contributed by atoms with Gasteiger partial charge in [0.15, 0.2) is 0 Å². The molecular formula is C18H19F3N2O. The molecule has 0 aliphatic carbocycles. The second-order valence-corrected chi connectivity index (χ2v) is 5.58. The minimum absolute atomic E-state index is 0.255. The number of aryl methyl sites for hydroxylation is 1. The Morgan fingerprint density at radius 1 is 1.25 bits per heavy atom. The first-order chi connectivity index (χ1) is 11.2. The van der Waals surface area contributed by atoms with E-state index in [1.54, 1.807) is 32.0 Å². The zero-order valence-corrected chi connectivity index (χ0v) is 13.8. The van der Waals surface area contributed by atoms with Gasteiger partial charge in [-0.05, 0) is 50.6 Å². The number of hydrogen-bond donors (Lipinski definition) is 0. The van der Waals surface area contributed by atoms with Crippen LogP contribution in [0.5, 0.6) is 0 Å². The Morgan fingerprint density at radius 3 is 2.50 bits per heavy atom. The number of halogens is 3. The van der Waals surface area contributed by atoms with E-state index in [1.807, 2.05) is 6.92 Å². The van der Waals surface area contributed by atoms with Crippen LogP contribution in [0.15, 0.2) is 42.6 Å². The van der Waals surface area contributed by atoms with Gasteiger partial charge in [0, 0.05) is 18.4 Å². The number of rotatable bonds is 4. The minimum atomic E-state index is -4.41. The second kappa shape index (κ2) is 7.03. The van der Waals surface area contributed by atoms with Gasteiger partial charge in [-0.3, -0.25) is 9.78 Å². The highest BCUT2D eigenvalue weighted by Gasteiger charge is 2.31. The standard InChI is InChI=1S/C18H19F3N2O/c1-4-23(17(24)15-9-8-12(2)22-11-15)13(3)14-6-5-7-16(10-14)18(19,20)21/h5-11,13H,4H2,1-3H3. The average molecular weight is 336 g/mol. The van der Waals surface area contributed by atoms with Gasteiger partial charge in [-0.2, -0.15) is 13.2 Å². The molecule has 0 bridgehead atoms. The summed E-state index contributed by atoms with van der Waals surface area (Å²) in [5.74, 6) is -0.255. The first-order valence-electron chi connectivity index (χ1n) is 7.64. The summed E-state index contributed by atoms with van der Waals surface area (Å²) in [6.45, 7) is 5.71. The highest BCUT2D eigenvalue weighted by molar-refractivity contribution is 5.94. The number of aromatic nitrogens is 1. The normalized spacial score (nSPS) is 12.8. The molecule has 2 rings (SSSR count). The van der Waals surface area contributed by atoms with E-state index in [9.17, 15) is 18.0 Å². The summed E-state index contributed by atoms with van der Waals surface area (Å²) < 4.78 is 38.7. The third kappa shape index (κ3) is 3.93. The summed E-state index contributed by atoms with van der Waals surface area (Å²) in [7, 11) is 0. The van der Waals surface area contributed by atoms with Crippen LogP contribution in [0.3, 0.4) is 0 Å². The maximum Gasteiger partial charge on any atom is 0.416 e. The molecule has 6 heteroatoms. The molecule has 24 heavy (non-hydrogen) atoms. The molecule has 0 aliphatic rings. The quantitative estimate of drug-likeness (QED) is 0.815. The fourth-order valence-electron chi connectivity index (χ4n) is 2.51. The molecule has 0 saturated carbocycles. The van der Waals surface area contributed by atoms with E-state index in [0.29, 0.717) is 17.7 Å². The molecule has 3 nitrogen and oxygen atoms in total. The largest absolute Gasteiger partial charge is 0.416 e. The molecule has 0 spiro atoms. The molecular weight excluding hydrogens is 317 g/mol. The summed E-state index contributed by atoms with van der Waals surface area (Å²) in [4.78, 5) is 18.3. The first kappa shape index (κ1) is 18.0. The Hall–Kier alpha value is -2.37. The van der Waals surface area contributed by atoms with E-state index >= 15 is 0 Å². The van der Waals surface area contributed by atoms with Gasteiger partial charge >= 0.3 is 6.18 Å². The summed E-state index contributed by atoms with van der Waals surface area (Å²) in [6, 6.07) is 8.00. The second-order valence-electron chi connectivity index (χ2n) is 5.58. The van der Waals surface area contributed by atoms with Gasteiger partial charge in [0.2, 0.25) is 0 Å². The van der Waals surface area contributed by atoms with Crippen LogP contribution in [-0.2, 0) is 6.18 Å². The first-order valence-corrected chi connectivity index (χ1v) is 7.64. The van der Waals surface area contributed by atoms with Crippen LogP contribution < -0.4 is 0 Å². The molecule has 0 fully saturated rings. The van der Waals surface area contributed by atoms with Crippen LogP contribution in [0.2, 0.25) is 0 Å². The molecule has 0 aliphatic heterocycles. The Morgan fingerprint density at radius 2 is 1.96 bits per heavy atom. The molecule has 1 amide bonds. The maximum absolute atomic E-state index is 12.9. The third-order valence-corrected chi connectivity index (χ3v) is 3.92. The van der Waals surface area contributed by atoms with Crippen LogP contribution in [0.1, 0.15) is 47.1 Å². The van der Waals surface area contributed by atoms with Crippen molar-refractivity contribution in [2.45, 2.75) is 33.0 Å². The maximum atomic E-state index is 12.9. The van der Waals surface area contributed by atoms with E-state index in [0.717, 1.165) is 17.8 Å². The molecule has 0 radical (unpaired) electrons. The number of hydrogen-bond acceptors (Lipinski definition) is 2. The molecule has 0 saturated heterocycles. The van der Waals surface area contributed by atoms with Crippen molar-refractivity contribution in [1.82, 2.24) is 9.88 Å². The number of benzene rings is 1. The molecule has 1 aromatic carbocycles. The summed E-state index contributed by atoms with van der Waals surface area (Å²) in [5.41, 5.74) is 0.939. The highest BCUT2D eigenvalue weighted by Crippen LogP contribution is 2.32. The van der Waals surface area contributed by atoms with Crippen molar-refractivity contribution >= 4 is 5.91 Å². The van der Waals surface area contributed by atoms with Crippen LogP contribution in [0.25, 0.3) is 0 Å². The molecule has 128 valence electrons. The molecule has 1 heterocycles. The Balaban J connectivity index is 2.30. The Bertz CT molecular complexity index is 711. The fourth-order valence-corrected chi connectivity index (χ4v) is 2.51. The van der Waals surface area contributed by atoms with Crippen LogP contribution >= 0.6 is 0 Å². The molecule has 0 N–H and O–H groups in total. The summed E-state index contributed by atoms with van der Waals surface area (Å²) >= 11 is 0. The van der Waals surface area contributed by atoms with Crippen molar-refractivity contribution in [3.63, 3.8) is 0 Å². The minimum Gasteiger partial charge on any atom is -0.332 e. The Kier molecular flexibility index (Phi) is 5.26. The zero-order valence-electron chi connectivity index (χ0n) is 13.8. The van der Waals surface area contributed by atoms with Crippen molar-refractivity contribution in [1.29, 1.82) is 0 Å². The number of amides is 1. The zero-order chi connectivity index (χ0) is 17.9. The van der Waals surface area contributed by atoms with Gasteiger partial charge in [-0.25, -0.2) is 0 Å². The number of carbonyl (C=O) groups is 1. The predicted molar refractivity (Wildman–Crippen MR) is 85.5 cm³/mol.